The van der Waals surface area contributed by atoms with Crippen molar-refractivity contribution in [2.45, 2.75) is 69.9 Å². The molecule has 0 aliphatic carbocycles. The van der Waals surface area contributed by atoms with Crippen LogP contribution in [0.1, 0.15) is 44.6 Å². The Morgan fingerprint density at radius 1 is 0.697 bits per heavy atom. The van der Waals surface area contributed by atoms with Crippen LogP contribution in [0.3, 0.4) is 0 Å². The van der Waals surface area contributed by atoms with Crippen molar-refractivity contribution >= 4 is 109 Å². The first-order valence-electron chi connectivity index (χ1n) is 21.2. The number of aliphatic hydroxyl groups is 5. The number of aliphatic hydroxyl groups excluding tert-OH is 5. The maximum atomic E-state index is 12.9. The van der Waals surface area contributed by atoms with Crippen LogP contribution in [0.2, 0.25) is 0 Å². The first-order chi connectivity index (χ1) is 30.6. The number of anilines is 1. The first-order valence-corrected chi connectivity index (χ1v) is 24.4. The van der Waals surface area contributed by atoms with Gasteiger partial charge in [-0.3, -0.25) is 29.2 Å². The van der Waals surface area contributed by atoms with E-state index in [4.69, 9.17) is 15.3 Å². The van der Waals surface area contributed by atoms with Crippen LogP contribution in [-0.2, 0) is 35.2 Å². The maximum absolute atomic E-state index is 12.9. The van der Waals surface area contributed by atoms with Gasteiger partial charge in [-0.05, 0) is 105 Å². The second-order valence-corrected chi connectivity index (χ2v) is 18.9. The molecule has 1 radical (unpaired) electrons. The molecular weight excluding hydrogens is 1360 g/mol. The second-order valence-electron chi connectivity index (χ2n) is 15.5. The van der Waals surface area contributed by atoms with Gasteiger partial charge in [0.1, 0.15) is 31.0 Å². The molecule has 377 valence electrons. The predicted molar refractivity (Wildman–Crippen MR) is 252 cm³/mol. The molecule has 0 spiro atoms. The minimum Gasteiger partial charge on any atom is -0.550 e. The standard InChI is InChI=1S/C33H49I3N6O10.C7H17NO5.Gd/c1-2-22(33(51)52)16-23-24(34)17-25(35)32(31(23)36)38-26(43)6-4-3-5-7-37-27(44)18-39-8-10-40(19-28(45)46)12-14-42(21-30(49)50)15-13-41(11-9-39)20-29(47)48;1-8-2-4(10)6(12)7(13)5(11)3-9;/h17,22H,2-16,18-21H2,1H3,(H,37,44)(H,38,43)(H,45,46)(H,47,48)(H,49,50)(H,51,52);4-13H,2-3H2,1H3;/q;;+3/p-3/t;4-,5+,6+,7+;/m.0./s1. The molecule has 0 bridgehead atoms. The van der Waals surface area contributed by atoms with Crippen molar-refractivity contribution in [2.24, 2.45) is 5.92 Å². The molecule has 0 saturated carbocycles. The second kappa shape index (κ2) is 36.1. The fourth-order valence-corrected chi connectivity index (χ4v) is 10.6. The van der Waals surface area contributed by atoms with E-state index < -0.39 is 60.8 Å². The Morgan fingerprint density at radius 2 is 1.15 bits per heavy atom. The van der Waals surface area contributed by atoms with E-state index >= 15 is 0 Å². The molecule has 0 aromatic heterocycles. The van der Waals surface area contributed by atoms with Crippen LogP contribution in [0.25, 0.3) is 0 Å². The molecule has 1 fully saturated rings. The number of nitrogens with one attached hydrogen (secondary N) is 2. The zero-order valence-corrected chi connectivity index (χ0v) is 45.7. The van der Waals surface area contributed by atoms with E-state index in [1.54, 1.807) is 34.0 Å². The average Bonchev–Trinajstić information content (AvgIpc) is 3.23. The molecule has 1 aromatic carbocycles. The summed E-state index contributed by atoms with van der Waals surface area (Å²) in [6.45, 7) is 2.56. The molecular formula is C40H63GdI3N7O15. The third-order valence-corrected chi connectivity index (χ3v) is 13.4. The van der Waals surface area contributed by atoms with Gasteiger partial charge in [0, 0.05) is 108 Å². The monoisotopic (exact) mass is 1420 g/mol. The summed E-state index contributed by atoms with van der Waals surface area (Å²) in [6, 6.07) is 1.92. The van der Waals surface area contributed by atoms with Gasteiger partial charge in [0.05, 0.1) is 43.8 Å². The number of unbranched alkanes of at least 4 members (excludes halogenated alkanes) is 2. The largest absolute Gasteiger partial charge is 3.00 e. The molecule has 5 atom stereocenters. The molecule has 1 aliphatic heterocycles. The van der Waals surface area contributed by atoms with Crippen LogP contribution in [0.5, 0.6) is 0 Å². The van der Waals surface area contributed by atoms with Gasteiger partial charge >= 0.3 is 39.9 Å². The summed E-state index contributed by atoms with van der Waals surface area (Å²) in [5, 5.41) is 98.0. The topological polar surface area (TPSA) is 349 Å². The van der Waals surface area contributed by atoms with Crippen molar-refractivity contribution in [1.29, 1.82) is 0 Å². The molecule has 26 heteroatoms. The third kappa shape index (κ3) is 26.9. The summed E-state index contributed by atoms with van der Waals surface area (Å²) in [6.07, 6.45) is -2.61. The Kier molecular flexibility index (Phi) is 35.7. The number of nitrogens with two attached hydrogens (primary N) is 1. The van der Waals surface area contributed by atoms with E-state index in [1.165, 1.54) is 0 Å². The molecule has 1 unspecified atom stereocenters. The number of rotatable bonds is 25. The summed E-state index contributed by atoms with van der Waals surface area (Å²) in [4.78, 5) is 77.8. The van der Waals surface area contributed by atoms with E-state index in [-0.39, 0.29) is 130 Å². The number of nitrogens with zero attached hydrogens (tertiary/aromatic N) is 4. The van der Waals surface area contributed by atoms with Crippen LogP contribution >= 0.6 is 67.8 Å². The zero-order chi connectivity index (χ0) is 49.2. The number of likely N-dealkylation sites (N-methyl/N-ethyl adjacent to an activating group) is 1. The number of halogens is 3. The number of carboxylic acids is 4. The van der Waals surface area contributed by atoms with Crippen molar-refractivity contribution in [3.63, 3.8) is 0 Å². The average molecular weight is 1420 g/mol. The van der Waals surface area contributed by atoms with Gasteiger partial charge in [-0.15, -0.1) is 0 Å². The van der Waals surface area contributed by atoms with Crippen LogP contribution in [-0.4, -0.2) is 211 Å². The van der Waals surface area contributed by atoms with E-state index in [0.29, 0.717) is 57.4 Å². The van der Waals surface area contributed by atoms with Crippen LogP contribution in [0.4, 0.5) is 5.69 Å². The molecule has 1 aromatic rings. The minimum atomic E-state index is -1.53. The van der Waals surface area contributed by atoms with Gasteiger partial charge in [-0.2, -0.15) is 0 Å². The van der Waals surface area contributed by atoms with Gasteiger partial charge in [0.25, 0.3) is 0 Å². The fourth-order valence-electron chi connectivity index (χ4n) is 6.55. The SMILES string of the molecule is CCC(Cc1c(I)cc(I)c(NC(=O)CCCCCNC(=O)CN2CCN(CC(=O)[O-])CCN(CC(=O)[O-])CCN(CC(=O)[O-])CC2)c1I)C(=O)[O-].C[NH2+]C[C@H](O)[C@@H](O)[C@H](O)[C@H](O)CO.[Gd+3]. The number of benzene rings is 1. The molecule has 9 N–H and O–H groups in total. The van der Waals surface area contributed by atoms with Crippen molar-refractivity contribution in [1.82, 2.24) is 24.9 Å². The van der Waals surface area contributed by atoms with Crippen LogP contribution < -0.4 is 36.4 Å². The molecule has 1 saturated heterocycles. The summed E-state index contributed by atoms with van der Waals surface area (Å²) in [7, 11) is 1.70. The van der Waals surface area contributed by atoms with Crippen LogP contribution in [0, 0.1) is 56.6 Å². The van der Waals surface area contributed by atoms with Gasteiger partial charge in [0.15, 0.2) is 0 Å². The molecule has 1 aliphatic rings. The van der Waals surface area contributed by atoms with Crippen molar-refractivity contribution in [3.8, 4) is 0 Å². The molecule has 1 heterocycles. The summed E-state index contributed by atoms with van der Waals surface area (Å²) < 4.78 is 2.58. The van der Waals surface area contributed by atoms with Crippen molar-refractivity contribution < 1.29 is 120 Å². The number of carbonyl (C=O) groups excluding carboxylic acids is 6. The van der Waals surface area contributed by atoms with E-state index in [9.17, 15) is 59.4 Å². The van der Waals surface area contributed by atoms with Crippen molar-refractivity contribution in [2.75, 3.05) is 111 Å². The molecule has 66 heavy (non-hydrogen) atoms. The molecule has 22 nitrogen and oxygen atoms in total. The Balaban J connectivity index is 0.00000261. The van der Waals surface area contributed by atoms with Gasteiger partial charge < -0.3 is 81.1 Å². The minimum absolute atomic E-state index is 0. The summed E-state index contributed by atoms with van der Waals surface area (Å²) in [5.41, 5.74) is 1.52. The summed E-state index contributed by atoms with van der Waals surface area (Å²) >= 11 is 6.48. The first kappa shape index (κ1) is 65.2. The number of amides is 2. The molecule has 2 amide bonds. The number of hydrogen-bond acceptors (Lipinski definition) is 19. The van der Waals surface area contributed by atoms with E-state index in [2.05, 4.69) is 78.4 Å². The van der Waals surface area contributed by atoms with Gasteiger partial charge in [-0.25, -0.2) is 0 Å². The third-order valence-electron chi connectivity index (χ3n) is 10.4. The van der Waals surface area contributed by atoms with E-state index in [0.717, 1.165) is 16.3 Å². The quantitative estimate of drug-likeness (QED) is 0.0333. The van der Waals surface area contributed by atoms with Gasteiger partial charge in [0.2, 0.25) is 11.8 Å². The number of aliphatic carboxylic acids is 4. The smallest absolute Gasteiger partial charge is 0.550 e. The normalized spacial score (nSPS) is 16.9. The number of carbonyl (C=O) groups is 6. The predicted octanol–water partition coefficient (Wildman–Crippen LogP) is -7.48. The van der Waals surface area contributed by atoms with Crippen molar-refractivity contribution in [3.05, 3.63) is 22.3 Å². The van der Waals surface area contributed by atoms with E-state index in [1.807, 2.05) is 11.0 Å². The Hall–Kier alpha value is -0.845. The Labute approximate surface area is 458 Å². The maximum Gasteiger partial charge on any atom is 3.00 e. The summed E-state index contributed by atoms with van der Waals surface area (Å²) in [5.74, 6) is -6.02. The number of hydrogen-bond donors (Lipinski definition) is 8. The Bertz CT molecular complexity index is 1650. The van der Waals surface area contributed by atoms with Crippen LogP contribution in [0.15, 0.2) is 6.07 Å². The zero-order valence-electron chi connectivity index (χ0n) is 37.0. The fraction of sp³-hybridized carbons (Fsp3) is 0.700. The van der Waals surface area contributed by atoms with Gasteiger partial charge in [-0.1, -0.05) is 13.3 Å². The Morgan fingerprint density at radius 3 is 1.56 bits per heavy atom. The molecule has 2 rings (SSSR count). The number of quaternary nitrogens is 1. The number of carboxylic acid groups (broad SMARTS) is 4.